The zero-order valence-electron chi connectivity index (χ0n) is 11.2. The van der Waals surface area contributed by atoms with Crippen LogP contribution in [-0.2, 0) is 11.8 Å². The molecule has 1 heterocycles. The molecule has 2 aromatic rings. The molecule has 0 radical (unpaired) electrons. The van der Waals surface area contributed by atoms with E-state index in [1.165, 1.54) is 0 Å². The molecular weight excluding hydrogens is 278 g/mol. The van der Waals surface area contributed by atoms with Crippen LogP contribution in [0.25, 0.3) is 0 Å². The van der Waals surface area contributed by atoms with E-state index in [1.54, 1.807) is 41.9 Å². The average Bonchev–Trinajstić information content (AvgIpc) is 2.77. The number of Topliss-reactive ketones (excluding diaryl/α,β-unsaturated/α-hetero) is 1. The maximum absolute atomic E-state index is 11.9. The molecule has 20 heavy (non-hydrogen) atoms. The molecule has 0 atom stereocenters. The molecule has 2 rings (SSSR count). The lowest BCUT2D eigenvalue weighted by Crippen LogP contribution is -2.16. The van der Waals surface area contributed by atoms with Crippen molar-refractivity contribution in [1.82, 2.24) is 4.57 Å². The number of ketones is 1. The SMILES string of the molecule is Cc1ccc(C(=O)OCC(=O)c2ccc(Cl)cc2)n1C. The molecule has 0 saturated carbocycles. The quantitative estimate of drug-likeness (QED) is 0.642. The summed E-state index contributed by atoms with van der Waals surface area (Å²) in [7, 11) is 1.77. The van der Waals surface area contributed by atoms with Crippen molar-refractivity contribution < 1.29 is 14.3 Å². The first-order valence-corrected chi connectivity index (χ1v) is 6.45. The zero-order valence-corrected chi connectivity index (χ0v) is 12.0. The summed E-state index contributed by atoms with van der Waals surface area (Å²) in [5.41, 5.74) is 1.83. The molecule has 0 N–H and O–H groups in total. The van der Waals surface area contributed by atoms with Gasteiger partial charge < -0.3 is 9.30 Å². The van der Waals surface area contributed by atoms with Crippen LogP contribution in [0.2, 0.25) is 5.02 Å². The van der Waals surface area contributed by atoms with Gasteiger partial charge in [0.1, 0.15) is 5.69 Å². The van der Waals surface area contributed by atoms with Crippen molar-refractivity contribution in [3.8, 4) is 0 Å². The van der Waals surface area contributed by atoms with E-state index < -0.39 is 5.97 Å². The number of rotatable bonds is 4. The van der Waals surface area contributed by atoms with Gasteiger partial charge in [-0.2, -0.15) is 0 Å². The third kappa shape index (κ3) is 3.08. The summed E-state index contributed by atoms with van der Waals surface area (Å²) in [5, 5.41) is 0.554. The van der Waals surface area contributed by atoms with Gasteiger partial charge in [0.25, 0.3) is 0 Å². The van der Waals surface area contributed by atoms with Gasteiger partial charge in [0.2, 0.25) is 0 Å². The first-order chi connectivity index (χ1) is 9.49. The molecule has 0 saturated heterocycles. The summed E-state index contributed by atoms with van der Waals surface area (Å²) >= 11 is 5.74. The molecule has 5 heteroatoms. The van der Waals surface area contributed by atoms with Gasteiger partial charge in [-0.15, -0.1) is 0 Å². The Balaban J connectivity index is 1.98. The third-order valence-electron chi connectivity index (χ3n) is 3.08. The molecular formula is C15H14ClNO3. The van der Waals surface area contributed by atoms with E-state index in [2.05, 4.69) is 0 Å². The summed E-state index contributed by atoms with van der Waals surface area (Å²) in [6, 6.07) is 9.94. The highest BCUT2D eigenvalue weighted by Gasteiger charge is 2.15. The molecule has 104 valence electrons. The van der Waals surface area contributed by atoms with Gasteiger partial charge >= 0.3 is 5.97 Å². The Morgan fingerprint density at radius 3 is 2.35 bits per heavy atom. The maximum Gasteiger partial charge on any atom is 0.355 e. The van der Waals surface area contributed by atoms with Crippen LogP contribution >= 0.6 is 11.6 Å². The summed E-state index contributed by atoms with van der Waals surface area (Å²) in [6.07, 6.45) is 0. The summed E-state index contributed by atoms with van der Waals surface area (Å²) in [6.45, 7) is 1.60. The molecule has 0 amide bonds. The van der Waals surface area contributed by atoms with Gasteiger partial charge in [-0.1, -0.05) is 11.6 Å². The predicted molar refractivity (Wildman–Crippen MR) is 76.2 cm³/mol. The smallest absolute Gasteiger partial charge is 0.355 e. The average molecular weight is 292 g/mol. The Morgan fingerprint density at radius 1 is 1.15 bits per heavy atom. The first kappa shape index (κ1) is 14.3. The Kier molecular flexibility index (Phi) is 4.25. The van der Waals surface area contributed by atoms with Crippen LogP contribution < -0.4 is 0 Å². The van der Waals surface area contributed by atoms with Crippen LogP contribution in [0.15, 0.2) is 36.4 Å². The van der Waals surface area contributed by atoms with Crippen molar-refractivity contribution in [2.75, 3.05) is 6.61 Å². The second-order valence-corrected chi connectivity index (χ2v) is 4.86. The number of hydrogen-bond donors (Lipinski definition) is 0. The third-order valence-corrected chi connectivity index (χ3v) is 3.33. The fourth-order valence-corrected chi connectivity index (χ4v) is 1.87. The number of aryl methyl sites for hydroxylation is 1. The fraction of sp³-hybridized carbons (Fsp3) is 0.200. The topological polar surface area (TPSA) is 48.3 Å². The van der Waals surface area contributed by atoms with E-state index in [1.807, 2.05) is 13.0 Å². The van der Waals surface area contributed by atoms with E-state index in [0.717, 1.165) is 5.69 Å². The Hall–Kier alpha value is -2.07. The molecule has 4 nitrogen and oxygen atoms in total. The van der Waals surface area contributed by atoms with Gasteiger partial charge in [-0.3, -0.25) is 4.79 Å². The van der Waals surface area contributed by atoms with Crippen molar-refractivity contribution >= 4 is 23.4 Å². The fourth-order valence-electron chi connectivity index (χ4n) is 1.74. The van der Waals surface area contributed by atoms with Crippen molar-refractivity contribution in [1.29, 1.82) is 0 Å². The lowest BCUT2D eigenvalue weighted by Gasteiger charge is -2.06. The number of esters is 1. The lowest BCUT2D eigenvalue weighted by molar-refractivity contribution is 0.0465. The number of ether oxygens (including phenoxy) is 1. The minimum absolute atomic E-state index is 0.263. The van der Waals surface area contributed by atoms with Crippen LogP contribution in [0, 0.1) is 6.92 Å². The van der Waals surface area contributed by atoms with Crippen LogP contribution in [0.4, 0.5) is 0 Å². The maximum atomic E-state index is 11.9. The standard InChI is InChI=1S/C15H14ClNO3/c1-10-3-8-13(17(10)2)15(19)20-9-14(18)11-4-6-12(16)7-5-11/h3-8H,9H2,1-2H3. The molecule has 0 spiro atoms. The zero-order chi connectivity index (χ0) is 14.7. The van der Waals surface area contributed by atoms with Crippen LogP contribution in [-0.4, -0.2) is 22.9 Å². The minimum atomic E-state index is -0.511. The second-order valence-electron chi connectivity index (χ2n) is 4.43. The summed E-state index contributed by atoms with van der Waals surface area (Å²) < 4.78 is 6.74. The number of carbonyl (C=O) groups is 2. The highest BCUT2D eigenvalue weighted by atomic mass is 35.5. The number of nitrogens with zero attached hydrogens (tertiary/aromatic N) is 1. The van der Waals surface area contributed by atoms with E-state index in [9.17, 15) is 9.59 Å². The highest BCUT2D eigenvalue weighted by molar-refractivity contribution is 6.30. The van der Waals surface area contributed by atoms with E-state index in [-0.39, 0.29) is 12.4 Å². The molecule has 0 aliphatic carbocycles. The summed E-state index contributed by atoms with van der Waals surface area (Å²) in [5.74, 6) is -0.774. The number of benzene rings is 1. The largest absolute Gasteiger partial charge is 0.453 e. The number of aromatic nitrogens is 1. The van der Waals surface area contributed by atoms with Crippen molar-refractivity contribution in [2.24, 2.45) is 7.05 Å². The van der Waals surface area contributed by atoms with Crippen LogP contribution in [0.5, 0.6) is 0 Å². The van der Waals surface area contributed by atoms with Crippen molar-refractivity contribution in [3.63, 3.8) is 0 Å². The van der Waals surface area contributed by atoms with Gasteiger partial charge in [0.15, 0.2) is 12.4 Å². The second kappa shape index (κ2) is 5.92. The van der Waals surface area contributed by atoms with Gasteiger partial charge in [0, 0.05) is 23.3 Å². The molecule has 0 aliphatic rings. The van der Waals surface area contributed by atoms with Gasteiger partial charge in [-0.05, 0) is 43.3 Å². The normalized spacial score (nSPS) is 10.3. The number of carbonyl (C=O) groups excluding carboxylic acids is 2. The van der Waals surface area contributed by atoms with E-state index in [4.69, 9.17) is 16.3 Å². The lowest BCUT2D eigenvalue weighted by atomic mass is 10.1. The molecule has 0 fully saturated rings. The molecule has 0 bridgehead atoms. The number of halogens is 1. The predicted octanol–water partition coefficient (Wildman–Crippen LogP) is 3.03. The van der Waals surface area contributed by atoms with E-state index in [0.29, 0.717) is 16.3 Å². The molecule has 0 unspecified atom stereocenters. The van der Waals surface area contributed by atoms with Gasteiger partial charge in [-0.25, -0.2) is 4.79 Å². The minimum Gasteiger partial charge on any atom is -0.453 e. The summed E-state index contributed by atoms with van der Waals surface area (Å²) in [4.78, 5) is 23.7. The Morgan fingerprint density at radius 2 is 1.80 bits per heavy atom. The molecule has 1 aromatic carbocycles. The molecule has 0 aliphatic heterocycles. The van der Waals surface area contributed by atoms with Crippen molar-refractivity contribution in [3.05, 3.63) is 58.4 Å². The molecule has 1 aromatic heterocycles. The van der Waals surface area contributed by atoms with Gasteiger partial charge in [0.05, 0.1) is 0 Å². The van der Waals surface area contributed by atoms with Crippen LogP contribution in [0.3, 0.4) is 0 Å². The number of hydrogen-bond acceptors (Lipinski definition) is 3. The van der Waals surface area contributed by atoms with Crippen molar-refractivity contribution in [2.45, 2.75) is 6.92 Å². The Bertz CT molecular complexity index is 644. The monoisotopic (exact) mass is 291 g/mol. The van der Waals surface area contributed by atoms with E-state index >= 15 is 0 Å². The highest BCUT2D eigenvalue weighted by Crippen LogP contribution is 2.11. The van der Waals surface area contributed by atoms with Crippen LogP contribution in [0.1, 0.15) is 26.5 Å². The first-order valence-electron chi connectivity index (χ1n) is 6.07. The Labute approximate surface area is 121 Å².